The number of rotatable bonds is 6. The van der Waals surface area contributed by atoms with E-state index in [1.807, 2.05) is 24.3 Å². The second-order valence-electron chi connectivity index (χ2n) is 4.42. The van der Waals surface area contributed by atoms with Crippen LogP contribution in [0.15, 0.2) is 42.5 Å². The van der Waals surface area contributed by atoms with Crippen LogP contribution in [0.1, 0.15) is 21.5 Å². The summed E-state index contributed by atoms with van der Waals surface area (Å²) in [6, 6.07) is 11.6. The third-order valence-electron chi connectivity index (χ3n) is 2.99. The van der Waals surface area contributed by atoms with Gasteiger partial charge < -0.3 is 14.6 Å². The lowest BCUT2D eigenvalue weighted by atomic mass is 10.1. The second-order valence-corrected chi connectivity index (χ2v) is 4.42. The third-order valence-corrected chi connectivity index (χ3v) is 2.99. The molecule has 4 nitrogen and oxygen atoms in total. The van der Waals surface area contributed by atoms with Crippen LogP contribution < -0.4 is 4.74 Å². The number of carboxylic acids is 1. The van der Waals surface area contributed by atoms with Crippen LogP contribution in [0.5, 0.6) is 5.75 Å². The van der Waals surface area contributed by atoms with Crippen LogP contribution >= 0.6 is 0 Å². The Bertz CT molecular complexity index is 623. The second kappa shape index (κ2) is 6.85. The van der Waals surface area contributed by atoms with Gasteiger partial charge in [0, 0.05) is 5.56 Å². The van der Waals surface area contributed by atoms with E-state index in [1.165, 1.54) is 18.2 Å². The molecule has 0 saturated carbocycles. The molecule has 0 aliphatic heterocycles. The molecule has 0 spiro atoms. The predicted octanol–water partition coefficient (Wildman–Crippen LogP) is 3.25. The smallest absolute Gasteiger partial charge is 0.338 e. The fourth-order valence-corrected chi connectivity index (χ4v) is 1.86. The maximum Gasteiger partial charge on any atom is 0.338 e. The minimum absolute atomic E-state index is 0.0129. The van der Waals surface area contributed by atoms with Crippen molar-refractivity contribution in [3.8, 4) is 5.75 Å². The molecule has 0 bridgehead atoms. The molecule has 0 heterocycles. The minimum Gasteiger partial charge on any atom is -0.497 e. The molecule has 0 saturated heterocycles. The number of methoxy groups -OCH3 is 1. The highest BCUT2D eigenvalue weighted by atomic mass is 19.1. The number of aromatic carboxylic acids is 1. The van der Waals surface area contributed by atoms with Crippen molar-refractivity contribution in [2.75, 3.05) is 7.11 Å². The lowest BCUT2D eigenvalue weighted by molar-refractivity contribution is 0.0689. The van der Waals surface area contributed by atoms with E-state index in [0.29, 0.717) is 6.61 Å². The van der Waals surface area contributed by atoms with Crippen LogP contribution in [0, 0.1) is 5.82 Å². The van der Waals surface area contributed by atoms with Crippen molar-refractivity contribution in [3.05, 3.63) is 65.0 Å². The molecule has 21 heavy (non-hydrogen) atoms. The molecule has 0 amide bonds. The van der Waals surface area contributed by atoms with E-state index in [1.54, 1.807) is 7.11 Å². The van der Waals surface area contributed by atoms with Crippen LogP contribution in [0.4, 0.5) is 4.39 Å². The van der Waals surface area contributed by atoms with Crippen LogP contribution in [0.2, 0.25) is 0 Å². The van der Waals surface area contributed by atoms with Gasteiger partial charge in [-0.3, -0.25) is 0 Å². The van der Waals surface area contributed by atoms with Crippen molar-refractivity contribution in [1.82, 2.24) is 0 Å². The van der Waals surface area contributed by atoms with Crippen molar-refractivity contribution >= 4 is 5.97 Å². The number of ether oxygens (including phenoxy) is 2. The molecule has 1 N–H and O–H groups in total. The summed E-state index contributed by atoms with van der Waals surface area (Å²) in [6.45, 7) is 0.319. The van der Waals surface area contributed by atoms with Crippen LogP contribution in [0.3, 0.4) is 0 Å². The zero-order valence-corrected chi connectivity index (χ0v) is 11.5. The SMILES string of the molecule is COc1ccc(COCc2cccc(C(=O)O)c2F)cc1. The van der Waals surface area contributed by atoms with Crippen molar-refractivity contribution < 1.29 is 23.8 Å². The van der Waals surface area contributed by atoms with Gasteiger partial charge in [0.15, 0.2) is 0 Å². The van der Waals surface area contributed by atoms with Gasteiger partial charge in [0.05, 0.1) is 25.9 Å². The summed E-state index contributed by atoms with van der Waals surface area (Å²) in [5, 5.41) is 8.85. The first kappa shape index (κ1) is 15.0. The van der Waals surface area contributed by atoms with Gasteiger partial charge in [-0.2, -0.15) is 0 Å². The first-order valence-corrected chi connectivity index (χ1v) is 6.33. The molecular formula is C16H15FO4. The van der Waals surface area contributed by atoms with Crippen molar-refractivity contribution in [2.45, 2.75) is 13.2 Å². The minimum atomic E-state index is -1.29. The Labute approximate surface area is 121 Å². The van der Waals surface area contributed by atoms with Gasteiger partial charge in [0.25, 0.3) is 0 Å². The number of carboxylic acid groups (broad SMARTS) is 1. The highest BCUT2D eigenvalue weighted by molar-refractivity contribution is 5.88. The van der Waals surface area contributed by atoms with E-state index in [0.717, 1.165) is 11.3 Å². The molecule has 110 valence electrons. The monoisotopic (exact) mass is 290 g/mol. The Morgan fingerprint density at radius 2 is 1.86 bits per heavy atom. The lowest BCUT2D eigenvalue weighted by Crippen LogP contribution is -2.05. The Balaban J connectivity index is 1.97. The van der Waals surface area contributed by atoms with Gasteiger partial charge in [-0.05, 0) is 23.8 Å². The average molecular weight is 290 g/mol. The Morgan fingerprint density at radius 3 is 2.48 bits per heavy atom. The molecule has 2 aromatic carbocycles. The molecular weight excluding hydrogens is 275 g/mol. The normalized spacial score (nSPS) is 10.4. The Morgan fingerprint density at radius 1 is 1.14 bits per heavy atom. The van der Waals surface area contributed by atoms with E-state index < -0.39 is 11.8 Å². The van der Waals surface area contributed by atoms with Gasteiger partial charge >= 0.3 is 5.97 Å². The van der Waals surface area contributed by atoms with Gasteiger partial charge in [0.1, 0.15) is 11.6 Å². The number of halogens is 1. The Kier molecular flexibility index (Phi) is 4.90. The molecule has 0 aliphatic carbocycles. The van der Waals surface area contributed by atoms with Crippen molar-refractivity contribution in [1.29, 1.82) is 0 Å². The summed E-state index contributed by atoms with van der Waals surface area (Å²) < 4.78 is 24.3. The first-order chi connectivity index (χ1) is 10.1. The van der Waals surface area contributed by atoms with Crippen molar-refractivity contribution in [3.63, 3.8) is 0 Å². The molecule has 0 fully saturated rings. The van der Waals surface area contributed by atoms with E-state index >= 15 is 0 Å². The standard InChI is InChI=1S/C16H15FO4/c1-20-13-7-5-11(6-8-13)9-21-10-12-3-2-4-14(15(12)17)16(18)19/h2-8H,9-10H2,1H3,(H,18,19). The van der Waals surface area contributed by atoms with Crippen LogP contribution in [0.25, 0.3) is 0 Å². The van der Waals surface area contributed by atoms with Gasteiger partial charge in [-0.25, -0.2) is 9.18 Å². The summed E-state index contributed by atoms with van der Waals surface area (Å²) in [5.74, 6) is -1.29. The highest BCUT2D eigenvalue weighted by Gasteiger charge is 2.13. The summed E-state index contributed by atoms with van der Waals surface area (Å²) in [5.41, 5.74) is 0.801. The summed E-state index contributed by atoms with van der Waals surface area (Å²) in [7, 11) is 1.59. The zero-order valence-electron chi connectivity index (χ0n) is 11.5. The topological polar surface area (TPSA) is 55.8 Å². The summed E-state index contributed by atoms with van der Waals surface area (Å²) >= 11 is 0. The fourth-order valence-electron chi connectivity index (χ4n) is 1.86. The number of hydrogen-bond acceptors (Lipinski definition) is 3. The molecule has 0 atom stereocenters. The maximum atomic E-state index is 13.9. The summed E-state index contributed by atoms with van der Waals surface area (Å²) in [6.07, 6.45) is 0. The third kappa shape index (κ3) is 3.79. The zero-order chi connectivity index (χ0) is 15.2. The molecule has 0 aromatic heterocycles. The number of hydrogen-bond donors (Lipinski definition) is 1. The lowest BCUT2D eigenvalue weighted by Gasteiger charge is -2.08. The van der Waals surface area contributed by atoms with Gasteiger partial charge in [0.2, 0.25) is 0 Å². The van der Waals surface area contributed by atoms with E-state index in [-0.39, 0.29) is 17.7 Å². The summed E-state index contributed by atoms with van der Waals surface area (Å²) in [4.78, 5) is 10.8. The highest BCUT2D eigenvalue weighted by Crippen LogP contribution is 2.16. The molecule has 2 aromatic rings. The molecule has 0 radical (unpaired) electrons. The average Bonchev–Trinajstić information content (AvgIpc) is 2.49. The maximum absolute atomic E-state index is 13.9. The number of carbonyl (C=O) groups is 1. The molecule has 2 rings (SSSR count). The molecule has 0 unspecified atom stereocenters. The first-order valence-electron chi connectivity index (χ1n) is 6.33. The fraction of sp³-hybridized carbons (Fsp3) is 0.188. The Hall–Kier alpha value is -2.40. The quantitative estimate of drug-likeness (QED) is 0.887. The molecule has 0 aliphatic rings. The molecule has 5 heteroatoms. The largest absolute Gasteiger partial charge is 0.497 e. The number of benzene rings is 2. The predicted molar refractivity (Wildman–Crippen MR) is 74.8 cm³/mol. The van der Waals surface area contributed by atoms with Crippen LogP contribution in [-0.4, -0.2) is 18.2 Å². The van der Waals surface area contributed by atoms with E-state index in [2.05, 4.69) is 0 Å². The van der Waals surface area contributed by atoms with Crippen LogP contribution in [-0.2, 0) is 18.0 Å². The van der Waals surface area contributed by atoms with E-state index in [9.17, 15) is 9.18 Å². The van der Waals surface area contributed by atoms with E-state index in [4.69, 9.17) is 14.6 Å². The van der Waals surface area contributed by atoms with Crippen molar-refractivity contribution in [2.24, 2.45) is 0 Å². The van der Waals surface area contributed by atoms with Gasteiger partial charge in [-0.1, -0.05) is 24.3 Å². The van der Waals surface area contributed by atoms with Gasteiger partial charge in [-0.15, -0.1) is 0 Å².